The lowest BCUT2D eigenvalue weighted by atomic mass is 9.81. The van der Waals surface area contributed by atoms with Crippen LogP contribution in [-0.2, 0) is 0 Å². The molecule has 5 nitrogen and oxygen atoms in total. The lowest BCUT2D eigenvalue weighted by molar-refractivity contribution is 0.354. The number of rotatable bonds is 3. The number of benzene rings is 3. The summed E-state index contributed by atoms with van der Waals surface area (Å²) in [6.45, 7) is 0. The standard InChI is InChI=1S/C22H18N2O3/c1-25-17-9-8-14(11-19(17)26-2)20-16(12-23)22(24)27-18-10-7-13-5-3-4-6-15(13)21(18)20/h3-11,20H,24H2,1-2H3/t20-/m0/s1. The predicted octanol–water partition coefficient (Wildman–Crippen LogP) is 4.08. The maximum atomic E-state index is 9.79. The van der Waals surface area contributed by atoms with E-state index in [1.54, 1.807) is 14.2 Å². The fourth-order valence-corrected chi connectivity index (χ4v) is 3.61. The van der Waals surface area contributed by atoms with Gasteiger partial charge in [0.05, 0.1) is 20.1 Å². The van der Waals surface area contributed by atoms with Crippen LogP contribution in [0.15, 0.2) is 66.1 Å². The van der Waals surface area contributed by atoms with Gasteiger partial charge in [-0.05, 0) is 34.5 Å². The summed E-state index contributed by atoms with van der Waals surface area (Å²) in [7, 11) is 3.18. The van der Waals surface area contributed by atoms with Gasteiger partial charge in [-0.2, -0.15) is 5.26 Å². The molecule has 0 amide bonds. The maximum absolute atomic E-state index is 9.79. The number of allylic oxidation sites excluding steroid dienone is 1. The number of nitrogens with two attached hydrogens (primary N) is 1. The minimum absolute atomic E-state index is 0.125. The second kappa shape index (κ2) is 6.58. The molecule has 1 atom stereocenters. The molecule has 3 aromatic carbocycles. The van der Waals surface area contributed by atoms with E-state index in [2.05, 4.69) is 6.07 Å². The quantitative estimate of drug-likeness (QED) is 0.763. The van der Waals surface area contributed by atoms with E-state index in [-0.39, 0.29) is 11.8 Å². The zero-order valence-corrected chi connectivity index (χ0v) is 15.0. The van der Waals surface area contributed by atoms with Crippen molar-refractivity contribution in [3.8, 4) is 23.3 Å². The molecule has 27 heavy (non-hydrogen) atoms. The molecule has 0 bridgehead atoms. The third-order valence-electron chi connectivity index (χ3n) is 4.85. The van der Waals surface area contributed by atoms with Crippen LogP contribution in [0.4, 0.5) is 0 Å². The molecule has 1 aliphatic rings. The van der Waals surface area contributed by atoms with Gasteiger partial charge in [-0.15, -0.1) is 0 Å². The fraction of sp³-hybridized carbons (Fsp3) is 0.136. The van der Waals surface area contributed by atoms with Crippen molar-refractivity contribution in [2.75, 3.05) is 14.2 Å². The normalized spacial score (nSPS) is 15.7. The van der Waals surface area contributed by atoms with Crippen molar-refractivity contribution in [3.05, 3.63) is 77.2 Å². The molecule has 134 valence electrons. The summed E-state index contributed by atoms with van der Waals surface area (Å²) in [6.07, 6.45) is 0. The molecule has 0 aliphatic carbocycles. The highest BCUT2D eigenvalue weighted by molar-refractivity contribution is 5.90. The average molecular weight is 358 g/mol. The number of ether oxygens (including phenoxy) is 3. The molecule has 2 N–H and O–H groups in total. The van der Waals surface area contributed by atoms with Crippen molar-refractivity contribution in [1.82, 2.24) is 0 Å². The molecule has 0 radical (unpaired) electrons. The third kappa shape index (κ3) is 2.63. The van der Waals surface area contributed by atoms with Crippen LogP contribution in [0.3, 0.4) is 0 Å². The van der Waals surface area contributed by atoms with E-state index in [0.29, 0.717) is 22.8 Å². The van der Waals surface area contributed by atoms with Crippen molar-refractivity contribution < 1.29 is 14.2 Å². The van der Waals surface area contributed by atoms with Gasteiger partial charge in [-0.25, -0.2) is 0 Å². The van der Waals surface area contributed by atoms with Gasteiger partial charge < -0.3 is 19.9 Å². The number of nitrogens with zero attached hydrogens (tertiary/aromatic N) is 1. The van der Waals surface area contributed by atoms with Crippen LogP contribution in [-0.4, -0.2) is 14.2 Å². The van der Waals surface area contributed by atoms with Crippen LogP contribution >= 0.6 is 0 Å². The number of hydrogen-bond donors (Lipinski definition) is 1. The van der Waals surface area contributed by atoms with Crippen molar-refractivity contribution in [2.24, 2.45) is 5.73 Å². The number of hydrogen-bond acceptors (Lipinski definition) is 5. The topological polar surface area (TPSA) is 77.5 Å². The van der Waals surface area contributed by atoms with Gasteiger partial charge in [-0.1, -0.05) is 36.4 Å². The first-order chi connectivity index (χ1) is 13.2. The second-order valence-electron chi connectivity index (χ2n) is 6.24. The van der Waals surface area contributed by atoms with Gasteiger partial charge in [-0.3, -0.25) is 0 Å². The molecule has 0 spiro atoms. The van der Waals surface area contributed by atoms with E-state index in [4.69, 9.17) is 19.9 Å². The SMILES string of the molecule is COc1ccc([C@H]2C(C#N)=C(N)Oc3ccc4ccccc4c32)cc1OC. The van der Waals surface area contributed by atoms with E-state index < -0.39 is 0 Å². The molecule has 3 aromatic rings. The van der Waals surface area contributed by atoms with Gasteiger partial charge in [0.15, 0.2) is 11.5 Å². The molecule has 0 saturated heterocycles. The Morgan fingerprint density at radius 1 is 1.00 bits per heavy atom. The van der Waals surface area contributed by atoms with E-state index in [1.165, 1.54) is 0 Å². The van der Waals surface area contributed by atoms with Crippen molar-refractivity contribution >= 4 is 10.8 Å². The van der Waals surface area contributed by atoms with Crippen LogP contribution in [0.5, 0.6) is 17.2 Å². The van der Waals surface area contributed by atoms with E-state index in [1.807, 2.05) is 54.6 Å². The second-order valence-corrected chi connectivity index (χ2v) is 6.24. The fourth-order valence-electron chi connectivity index (χ4n) is 3.61. The Morgan fingerprint density at radius 3 is 2.52 bits per heavy atom. The lowest BCUT2D eigenvalue weighted by Gasteiger charge is -2.28. The van der Waals surface area contributed by atoms with Crippen molar-refractivity contribution in [3.63, 3.8) is 0 Å². The molecule has 4 rings (SSSR count). The largest absolute Gasteiger partial charge is 0.493 e. The molecule has 0 saturated carbocycles. The Kier molecular flexibility index (Phi) is 4.09. The summed E-state index contributed by atoms with van der Waals surface area (Å²) in [5, 5.41) is 11.9. The first kappa shape index (κ1) is 16.8. The molecule has 1 aliphatic heterocycles. The minimum Gasteiger partial charge on any atom is -0.493 e. The molecule has 5 heteroatoms. The zero-order chi connectivity index (χ0) is 19.0. The van der Waals surface area contributed by atoms with Crippen LogP contribution in [0.1, 0.15) is 17.0 Å². The highest BCUT2D eigenvalue weighted by atomic mass is 16.5. The summed E-state index contributed by atoms with van der Waals surface area (Å²) in [4.78, 5) is 0. The summed E-state index contributed by atoms with van der Waals surface area (Å²) in [6, 6.07) is 19.8. The molecule has 0 fully saturated rings. The summed E-state index contributed by atoms with van der Waals surface area (Å²) >= 11 is 0. The molecule has 0 unspecified atom stereocenters. The average Bonchev–Trinajstić information content (AvgIpc) is 2.72. The van der Waals surface area contributed by atoms with Crippen molar-refractivity contribution in [1.29, 1.82) is 5.26 Å². The van der Waals surface area contributed by atoms with E-state index in [0.717, 1.165) is 21.9 Å². The summed E-state index contributed by atoms with van der Waals surface area (Å²) in [5.74, 6) is 1.65. The van der Waals surface area contributed by atoms with Crippen LogP contribution in [0.2, 0.25) is 0 Å². The van der Waals surface area contributed by atoms with Gasteiger partial charge >= 0.3 is 0 Å². The number of methoxy groups -OCH3 is 2. The molecule has 1 heterocycles. The Hall–Kier alpha value is -3.65. The van der Waals surface area contributed by atoms with Crippen LogP contribution in [0, 0.1) is 11.3 Å². The van der Waals surface area contributed by atoms with Gasteiger partial charge in [0.25, 0.3) is 0 Å². The molecule has 0 aromatic heterocycles. The lowest BCUT2D eigenvalue weighted by Crippen LogP contribution is -2.21. The highest BCUT2D eigenvalue weighted by Crippen LogP contribution is 2.46. The Morgan fingerprint density at radius 2 is 1.78 bits per heavy atom. The summed E-state index contributed by atoms with van der Waals surface area (Å²) in [5.41, 5.74) is 8.27. The minimum atomic E-state index is -0.357. The predicted molar refractivity (Wildman–Crippen MR) is 103 cm³/mol. The van der Waals surface area contributed by atoms with Gasteiger partial charge in [0.2, 0.25) is 5.88 Å². The smallest absolute Gasteiger partial charge is 0.205 e. The van der Waals surface area contributed by atoms with Crippen LogP contribution in [0.25, 0.3) is 10.8 Å². The first-order valence-electron chi connectivity index (χ1n) is 8.49. The monoisotopic (exact) mass is 358 g/mol. The van der Waals surface area contributed by atoms with Crippen molar-refractivity contribution in [2.45, 2.75) is 5.92 Å². The Balaban J connectivity index is 2.02. The Bertz CT molecular complexity index is 1110. The maximum Gasteiger partial charge on any atom is 0.205 e. The van der Waals surface area contributed by atoms with E-state index in [9.17, 15) is 5.26 Å². The zero-order valence-electron chi connectivity index (χ0n) is 15.0. The number of nitriles is 1. The molecular weight excluding hydrogens is 340 g/mol. The highest BCUT2D eigenvalue weighted by Gasteiger charge is 2.32. The third-order valence-corrected chi connectivity index (χ3v) is 4.85. The van der Waals surface area contributed by atoms with E-state index >= 15 is 0 Å². The summed E-state index contributed by atoms with van der Waals surface area (Å²) < 4.78 is 16.6. The first-order valence-corrected chi connectivity index (χ1v) is 8.49. The number of fused-ring (bicyclic) bond motifs is 3. The Labute approximate surface area is 157 Å². The van der Waals surface area contributed by atoms with Crippen LogP contribution < -0.4 is 19.9 Å². The van der Waals surface area contributed by atoms with Gasteiger partial charge in [0.1, 0.15) is 17.4 Å². The van der Waals surface area contributed by atoms with Gasteiger partial charge in [0, 0.05) is 5.56 Å². The molecular formula is C22H18N2O3.